The maximum atomic E-state index is 5.91. The van der Waals surface area contributed by atoms with Gasteiger partial charge in [-0.25, -0.2) is 0 Å². The van der Waals surface area contributed by atoms with Gasteiger partial charge in [-0.3, -0.25) is 4.90 Å². The van der Waals surface area contributed by atoms with Crippen molar-refractivity contribution in [3.8, 4) is 0 Å². The Bertz CT molecular complexity index is 247. The van der Waals surface area contributed by atoms with E-state index in [-0.39, 0.29) is 0 Å². The summed E-state index contributed by atoms with van der Waals surface area (Å²) < 4.78 is 5.91. The van der Waals surface area contributed by atoms with Crippen molar-refractivity contribution in [3.05, 3.63) is 0 Å². The van der Waals surface area contributed by atoms with Crippen LogP contribution in [0.5, 0.6) is 0 Å². The summed E-state index contributed by atoms with van der Waals surface area (Å²) in [6, 6.07) is 0.639. The number of ether oxygens (including phenoxy) is 1. The average molecular weight is 255 g/mol. The number of nitrogens with zero attached hydrogens (tertiary/aromatic N) is 2. The monoisotopic (exact) mass is 255 g/mol. The van der Waals surface area contributed by atoms with E-state index in [1.807, 2.05) is 0 Å². The van der Waals surface area contributed by atoms with Gasteiger partial charge in [-0.05, 0) is 45.7 Å². The maximum absolute atomic E-state index is 5.91. The van der Waals surface area contributed by atoms with Gasteiger partial charge in [0.15, 0.2) is 0 Å². The molecule has 2 N–H and O–H groups in total. The summed E-state index contributed by atoms with van der Waals surface area (Å²) in [6.07, 6.45) is 2.90. The number of rotatable bonds is 5. The molecule has 2 unspecified atom stereocenters. The van der Waals surface area contributed by atoms with Gasteiger partial charge >= 0.3 is 0 Å². The lowest BCUT2D eigenvalue weighted by molar-refractivity contribution is -0.0501. The highest BCUT2D eigenvalue weighted by Crippen LogP contribution is 2.20. The molecule has 106 valence electrons. The molecule has 2 fully saturated rings. The molecule has 2 heterocycles. The molecule has 2 saturated heterocycles. The van der Waals surface area contributed by atoms with E-state index in [1.54, 1.807) is 0 Å². The molecular weight excluding hydrogens is 226 g/mol. The van der Waals surface area contributed by atoms with Crippen molar-refractivity contribution < 1.29 is 4.74 Å². The Morgan fingerprint density at radius 1 is 1.28 bits per heavy atom. The number of likely N-dealkylation sites (tertiary alicyclic amines) is 1. The minimum Gasteiger partial charge on any atom is -0.374 e. The van der Waals surface area contributed by atoms with Crippen LogP contribution < -0.4 is 5.73 Å². The molecule has 0 aromatic heterocycles. The van der Waals surface area contributed by atoms with Crippen LogP contribution in [0.15, 0.2) is 0 Å². The standard InChI is InChI=1S/C14H29N3O/c1-12(2)17-7-8-18-14(11-17)10-16-6-4-13(9-16)3-5-15/h12-14H,3-11,15H2,1-2H3. The largest absolute Gasteiger partial charge is 0.374 e. The topological polar surface area (TPSA) is 41.7 Å². The third-order valence-corrected chi connectivity index (χ3v) is 4.31. The third kappa shape index (κ3) is 3.92. The van der Waals surface area contributed by atoms with Crippen LogP contribution in [0.3, 0.4) is 0 Å². The second kappa shape index (κ2) is 6.85. The zero-order valence-corrected chi connectivity index (χ0v) is 12.0. The van der Waals surface area contributed by atoms with E-state index in [2.05, 4.69) is 23.6 Å². The second-order valence-electron chi connectivity index (χ2n) is 6.07. The molecule has 2 atom stereocenters. The Morgan fingerprint density at radius 2 is 2.11 bits per heavy atom. The summed E-state index contributed by atoms with van der Waals surface area (Å²) in [4.78, 5) is 5.09. The van der Waals surface area contributed by atoms with Crippen LogP contribution >= 0.6 is 0 Å². The van der Waals surface area contributed by atoms with Gasteiger partial charge in [-0.1, -0.05) is 0 Å². The van der Waals surface area contributed by atoms with Crippen LogP contribution in [0, 0.1) is 5.92 Å². The van der Waals surface area contributed by atoms with Gasteiger partial charge in [0.2, 0.25) is 0 Å². The Labute approximate surface area is 111 Å². The van der Waals surface area contributed by atoms with E-state index in [0.717, 1.165) is 38.7 Å². The average Bonchev–Trinajstić information content (AvgIpc) is 2.77. The molecule has 4 nitrogen and oxygen atoms in total. The fourth-order valence-electron chi connectivity index (χ4n) is 3.16. The summed E-state index contributed by atoms with van der Waals surface area (Å²) >= 11 is 0. The first-order valence-electron chi connectivity index (χ1n) is 7.47. The van der Waals surface area contributed by atoms with Crippen molar-refractivity contribution in [3.63, 3.8) is 0 Å². The predicted octanol–water partition coefficient (Wildman–Crippen LogP) is 0.766. The molecule has 18 heavy (non-hydrogen) atoms. The molecule has 0 aromatic carbocycles. The van der Waals surface area contributed by atoms with E-state index in [0.29, 0.717) is 12.1 Å². The van der Waals surface area contributed by atoms with Crippen LogP contribution in [0.25, 0.3) is 0 Å². The Kier molecular flexibility index (Phi) is 5.42. The van der Waals surface area contributed by atoms with Crippen molar-refractivity contribution >= 4 is 0 Å². The fraction of sp³-hybridized carbons (Fsp3) is 1.00. The van der Waals surface area contributed by atoms with E-state index < -0.39 is 0 Å². The number of nitrogens with two attached hydrogens (primary N) is 1. The minimum absolute atomic E-state index is 0.401. The molecule has 2 rings (SSSR count). The molecule has 0 saturated carbocycles. The molecule has 2 aliphatic heterocycles. The fourth-order valence-corrected chi connectivity index (χ4v) is 3.16. The highest BCUT2D eigenvalue weighted by molar-refractivity contribution is 4.81. The number of hydrogen-bond donors (Lipinski definition) is 1. The predicted molar refractivity (Wildman–Crippen MR) is 74.7 cm³/mol. The summed E-state index contributed by atoms with van der Waals surface area (Å²) in [6.45, 7) is 12.0. The normalized spacial score (nSPS) is 31.3. The van der Waals surface area contributed by atoms with Crippen LogP contribution in [0.2, 0.25) is 0 Å². The third-order valence-electron chi connectivity index (χ3n) is 4.31. The van der Waals surface area contributed by atoms with Gasteiger partial charge < -0.3 is 15.4 Å². The van der Waals surface area contributed by atoms with Gasteiger partial charge in [0.05, 0.1) is 12.7 Å². The van der Waals surface area contributed by atoms with Gasteiger partial charge in [0, 0.05) is 32.2 Å². The number of hydrogen-bond acceptors (Lipinski definition) is 4. The highest BCUT2D eigenvalue weighted by Gasteiger charge is 2.27. The molecule has 0 bridgehead atoms. The summed E-state index contributed by atoms with van der Waals surface area (Å²) in [7, 11) is 0. The molecule has 0 spiro atoms. The lowest BCUT2D eigenvalue weighted by atomic mass is 10.1. The maximum Gasteiger partial charge on any atom is 0.0829 e. The first-order valence-corrected chi connectivity index (χ1v) is 7.47. The zero-order valence-electron chi connectivity index (χ0n) is 12.0. The van der Waals surface area contributed by atoms with Crippen LogP contribution in [-0.2, 0) is 4.74 Å². The molecule has 0 amide bonds. The van der Waals surface area contributed by atoms with E-state index in [4.69, 9.17) is 10.5 Å². The molecule has 0 radical (unpaired) electrons. The lowest BCUT2D eigenvalue weighted by Crippen LogP contribution is -2.49. The minimum atomic E-state index is 0.401. The number of morpholine rings is 1. The summed E-state index contributed by atoms with van der Waals surface area (Å²) in [5.74, 6) is 0.819. The van der Waals surface area contributed by atoms with Crippen molar-refractivity contribution in [2.45, 2.75) is 38.8 Å². The van der Waals surface area contributed by atoms with Crippen molar-refractivity contribution in [2.24, 2.45) is 11.7 Å². The molecule has 2 aliphatic rings. The summed E-state index contributed by atoms with van der Waals surface area (Å²) in [5.41, 5.74) is 5.64. The van der Waals surface area contributed by atoms with Gasteiger partial charge in [0.1, 0.15) is 0 Å². The Balaban J connectivity index is 1.73. The summed E-state index contributed by atoms with van der Waals surface area (Å²) in [5, 5.41) is 0. The molecule has 0 aromatic rings. The quantitative estimate of drug-likeness (QED) is 0.788. The smallest absolute Gasteiger partial charge is 0.0829 e. The molecule has 4 heteroatoms. The lowest BCUT2D eigenvalue weighted by Gasteiger charge is -2.37. The zero-order chi connectivity index (χ0) is 13.0. The second-order valence-corrected chi connectivity index (χ2v) is 6.07. The van der Waals surface area contributed by atoms with Crippen LogP contribution in [0.4, 0.5) is 0 Å². The van der Waals surface area contributed by atoms with E-state index in [1.165, 1.54) is 25.9 Å². The Hall–Kier alpha value is -0.160. The van der Waals surface area contributed by atoms with Crippen molar-refractivity contribution in [1.29, 1.82) is 0 Å². The highest BCUT2D eigenvalue weighted by atomic mass is 16.5. The molecular formula is C14H29N3O. The molecule has 0 aliphatic carbocycles. The first kappa shape index (κ1) is 14.3. The van der Waals surface area contributed by atoms with E-state index in [9.17, 15) is 0 Å². The Morgan fingerprint density at radius 3 is 2.83 bits per heavy atom. The van der Waals surface area contributed by atoms with Crippen molar-refractivity contribution in [2.75, 3.05) is 45.9 Å². The first-order chi connectivity index (χ1) is 8.69. The van der Waals surface area contributed by atoms with Gasteiger partial charge in [-0.2, -0.15) is 0 Å². The SMILES string of the molecule is CC(C)N1CCOC(CN2CCC(CCN)C2)C1. The van der Waals surface area contributed by atoms with Gasteiger partial charge in [0.25, 0.3) is 0 Å². The van der Waals surface area contributed by atoms with Gasteiger partial charge in [-0.15, -0.1) is 0 Å². The van der Waals surface area contributed by atoms with Crippen LogP contribution in [-0.4, -0.2) is 67.8 Å². The van der Waals surface area contributed by atoms with Crippen molar-refractivity contribution in [1.82, 2.24) is 9.80 Å². The van der Waals surface area contributed by atoms with E-state index >= 15 is 0 Å². The van der Waals surface area contributed by atoms with Crippen LogP contribution in [0.1, 0.15) is 26.7 Å².